The van der Waals surface area contributed by atoms with E-state index in [0.717, 1.165) is 30.6 Å². The highest BCUT2D eigenvalue weighted by atomic mass is 16.5. The smallest absolute Gasteiger partial charge is 0.119 e. The Morgan fingerprint density at radius 3 is 2.00 bits per heavy atom. The van der Waals surface area contributed by atoms with Crippen molar-refractivity contribution >= 4 is 0 Å². The Kier molecular flexibility index (Phi) is 10.8. The molecule has 1 aromatic rings. The van der Waals surface area contributed by atoms with Crippen LogP contribution in [0.25, 0.3) is 0 Å². The summed E-state index contributed by atoms with van der Waals surface area (Å²) in [6.45, 7) is 5.35. The van der Waals surface area contributed by atoms with E-state index in [0.29, 0.717) is 0 Å². The predicted octanol–water partition coefficient (Wildman–Crippen LogP) is 7.97. The van der Waals surface area contributed by atoms with E-state index in [2.05, 4.69) is 38.1 Å². The predicted molar refractivity (Wildman–Crippen MR) is 114 cm³/mol. The van der Waals surface area contributed by atoms with E-state index < -0.39 is 0 Å². The van der Waals surface area contributed by atoms with Crippen LogP contribution < -0.4 is 4.74 Å². The highest BCUT2D eigenvalue weighted by Gasteiger charge is 2.20. The molecule has 26 heavy (non-hydrogen) atoms. The first-order valence-electron chi connectivity index (χ1n) is 11.5. The fourth-order valence-electron chi connectivity index (χ4n) is 4.30. The van der Waals surface area contributed by atoms with E-state index in [4.69, 9.17) is 4.74 Å². The minimum absolute atomic E-state index is 0.845. The third-order valence-corrected chi connectivity index (χ3v) is 6.21. The number of ether oxygens (including phenoxy) is 1. The van der Waals surface area contributed by atoms with Crippen molar-refractivity contribution in [3.8, 4) is 5.75 Å². The Morgan fingerprint density at radius 1 is 0.731 bits per heavy atom. The normalized spacial score (nSPS) is 20.2. The molecule has 0 bridgehead atoms. The van der Waals surface area contributed by atoms with Crippen molar-refractivity contribution < 1.29 is 4.74 Å². The summed E-state index contributed by atoms with van der Waals surface area (Å²) in [6, 6.07) is 8.84. The van der Waals surface area contributed by atoms with Gasteiger partial charge in [-0.25, -0.2) is 0 Å². The van der Waals surface area contributed by atoms with Crippen LogP contribution in [-0.2, 0) is 6.42 Å². The van der Waals surface area contributed by atoms with Crippen LogP contribution in [0.4, 0.5) is 0 Å². The molecule has 1 heteroatoms. The average molecular weight is 359 g/mol. The lowest BCUT2D eigenvalue weighted by molar-refractivity contribution is 0.248. The molecule has 0 heterocycles. The van der Waals surface area contributed by atoms with Gasteiger partial charge in [-0.15, -0.1) is 0 Å². The lowest BCUT2D eigenvalue weighted by Gasteiger charge is -2.28. The first-order chi connectivity index (χ1) is 12.8. The Morgan fingerprint density at radius 2 is 1.35 bits per heavy atom. The van der Waals surface area contributed by atoms with Gasteiger partial charge >= 0.3 is 0 Å². The van der Waals surface area contributed by atoms with E-state index in [-0.39, 0.29) is 0 Å². The van der Waals surface area contributed by atoms with E-state index in [9.17, 15) is 0 Å². The molecule has 148 valence electrons. The minimum Gasteiger partial charge on any atom is -0.494 e. The van der Waals surface area contributed by atoms with Gasteiger partial charge in [-0.1, -0.05) is 96.6 Å². The summed E-state index contributed by atoms with van der Waals surface area (Å²) in [6.07, 6.45) is 19.5. The number of aryl methyl sites for hydroxylation is 1. The molecule has 0 unspecified atom stereocenters. The molecule has 0 radical (unpaired) electrons. The first-order valence-corrected chi connectivity index (χ1v) is 11.5. The molecular formula is C25H42O. The van der Waals surface area contributed by atoms with Gasteiger partial charge in [0.25, 0.3) is 0 Å². The van der Waals surface area contributed by atoms with Crippen molar-refractivity contribution in [3.63, 3.8) is 0 Å². The SMILES string of the molecule is CCCCCCCC1CCC(CCc2ccc(OCCCC)cc2)CC1. The van der Waals surface area contributed by atoms with E-state index in [1.54, 1.807) is 0 Å². The summed E-state index contributed by atoms with van der Waals surface area (Å²) in [4.78, 5) is 0. The number of rotatable bonds is 13. The molecule has 1 saturated carbocycles. The zero-order valence-electron chi connectivity index (χ0n) is 17.5. The van der Waals surface area contributed by atoms with Crippen molar-refractivity contribution in [2.24, 2.45) is 11.8 Å². The summed E-state index contributed by atoms with van der Waals surface area (Å²) >= 11 is 0. The van der Waals surface area contributed by atoms with Gasteiger partial charge < -0.3 is 4.74 Å². The van der Waals surface area contributed by atoms with Crippen molar-refractivity contribution in [3.05, 3.63) is 29.8 Å². The molecule has 2 rings (SSSR count). The largest absolute Gasteiger partial charge is 0.494 e. The third-order valence-electron chi connectivity index (χ3n) is 6.21. The highest BCUT2D eigenvalue weighted by Crippen LogP contribution is 2.34. The fourth-order valence-corrected chi connectivity index (χ4v) is 4.30. The van der Waals surface area contributed by atoms with Gasteiger partial charge in [0.2, 0.25) is 0 Å². The Labute approximate surface area is 162 Å². The number of unbranched alkanes of at least 4 members (excludes halogenated alkanes) is 5. The number of hydrogen-bond donors (Lipinski definition) is 0. The summed E-state index contributed by atoms with van der Waals surface area (Å²) in [5.41, 5.74) is 1.48. The van der Waals surface area contributed by atoms with Gasteiger partial charge in [0.05, 0.1) is 6.61 Å². The van der Waals surface area contributed by atoms with Crippen LogP contribution in [0.15, 0.2) is 24.3 Å². The Balaban J connectivity index is 1.56. The fraction of sp³-hybridized carbons (Fsp3) is 0.760. The van der Waals surface area contributed by atoms with E-state index in [1.807, 2.05) is 0 Å². The minimum atomic E-state index is 0.845. The lowest BCUT2D eigenvalue weighted by atomic mass is 9.78. The summed E-state index contributed by atoms with van der Waals surface area (Å²) in [5, 5.41) is 0. The second-order valence-corrected chi connectivity index (χ2v) is 8.47. The maximum absolute atomic E-state index is 5.76. The molecule has 1 aliphatic carbocycles. The quantitative estimate of drug-likeness (QED) is 0.325. The topological polar surface area (TPSA) is 9.23 Å². The van der Waals surface area contributed by atoms with Crippen molar-refractivity contribution in [2.45, 2.75) is 104 Å². The second-order valence-electron chi connectivity index (χ2n) is 8.47. The third kappa shape index (κ3) is 8.60. The Bertz CT molecular complexity index is 442. The van der Waals surface area contributed by atoms with Crippen molar-refractivity contribution in [1.29, 1.82) is 0 Å². The van der Waals surface area contributed by atoms with Crippen LogP contribution in [0.1, 0.15) is 103 Å². The van der Waals surface area contributed by atoms with Gasteiger partial charge in [-0.3, -0.25) is 0 Å². The molecular weight excluding hydrogens is 316 g/mol. The molecule has 1 aliphatic rings. The van der Waals surface area contributed by atoms with Crippen LogP contribution in [0.3, 0.4) is 0 Å². The van der Waals surface area contributed by atoms with Crippen LogP contribution in [-0.4, -0.2) is 6.61 Å². The summed E-state index contributed by atoms with van der Waals surface area (Å²) < 4.78 is 5.76. The molecule has 0 saturated heterocycles. The molecule has 0 spiro atoms. The van der Waals surface area contributed by atoms with Gasteiger partial charge in [0.1, 0.15) is 5.75 Å². The zero-order valence-corrected chi connectivity index (χ0v) is 17.5. The van der Waals surface area contributed by atoms with Crippen LogP contribution in [0.2, 0.25) is 0 Å². The van der Waals surface area contributed by atoms with Gasteiger partial charge in [-0.2, -0.15) is 0 Å². The zero-order chi connectivity index (χ0) is 18.5. The van der Waals surface area contributed by atoms with Crippen LogP contribution >= 0.6 is 0 Å². The monoisotopic (exact) mass is 358 g/mol. The second kappa shape index (κ2) is 13.2. The van der Waals surface area contributed by atoms with Crippen LogP contribution in [0, 0.1) is 11.8 Å². The van der Waals surface area contributed by atoms with Gasteiger partial charge in [-0.05, 0) is 48.8 Å². The first kappa shape index (κ1) is 21.3. The lowest BCUT2D eigenvalue weighted by Crippen LogP contribution is -2.15. The molecule has 0 aromatic heterocycles. The average Bonchev–Trinajstić information content (AvgIpc) is 2.68. The maximum atomic E-state index is 5.76. The van der Waals surface area contributed by atoms with Crippen molar-refractivity contribution in [1.82, 2.24) is 0 Å². The van der Waals surface area contributed by atoms with Gasteiger partial charge in [0.15, 0.2) is 0 Å². The summed E-state index contributed by atoms with van der Waals surface area (Å²) in [5.74, 6) is 3.03. The van der Waals surface area contributed by atoms with Crippen molar-refractivity contribution in [2.75, 3.05) is 6.61 Å². The van der Waals surface area contributed by atoms with E-state index in [1.165, 1.54) is 89.0 Å². The summed E-state index contributed by atoms with van der Waals surface area (Å²) in [7, 11) is 0. The highest BCUT2D eigenvalue weighted by molar-refractivity contribution is 5.27. The Hall–Kier alpha value is -0.980. The molecule has 0 amide bonds. The number of benzene rings is 1. The van der Waals surface area contributed by atoms with Gasteiger partial charge in [0, 0.05) is 0 Å². The molecule has 0 atom stereocenters. The molecule has 1 nitrogen and oxygen atoms in total. The maximum Gasteiger partial charge on any atom is 0.119 e. The molecule has 0 N–H and O–H groups in total. The van der Waals surface area contributed by atoms with E-state index >= 15 is 0 Å². The number of hydrogen-bond acceptors (Lipinski definition) is 1. The molecule has 0 aliphatic heterocycles. The molecule has 1 aromatic carbocycles. The molecule has 1 fully saturated rings. The van der Waals surface area contributed by atoms with Crippen LogP contribution in [0.5, 0.6) is 5.75 Å². The standard InChI is InChI=1S/C25H42O/c1-3-5-7-8-9-10-22-11-13-23(14-12-22)15-16-24-17-19-25(20-18-24)26-21-6-4-2/h17-20,22-23H,3-16,21H2,1-2H3.